The van der Waals surface area contributed by atoms with Crippen molar-refractivity contribution in [2.45, 2.75) is 52.5 Å². The normalized spacial score (nSPS) is 22.5. The van der Waals surface area contributed by atoms with Crippen molar-refractivity contribution in [3.05, 3.63) is 29.8 Å². The summed E-state index contributed by atoms with van der Waals surface area (Å²) >= 11 is 0. The predicted octanol–water partition coefficient (Wildman–Crippen LogP) is 3.49. The molecule has 7 nitrogen and oxygen atoms in total. The SMILES string of the molecule is CCOCCCN1CCC(NC(=O)C2CCN(C(=O)Nc3cccc(C)c3)CC2)C(C)C1. The largest absolute Gasteiger partial charge is 0.382 e. The van der Waals surface area contributed by atoms with Gasteiger partial charge in [-0.1, -0.05) is 19.1 Å². The molecule has 1 aromatic rings. The van der Waals surface area contributed by atoms with Gasteiger partial charge in [0.2, 0.25) is 5.91 Å². The van der Waals surface area contributed by atoms with Gasteiger partial charge in [0.05, 0.1) is 0 Å². The van der Waals surface area contributed by atoms with Gasteiger partial charge in [-0.05, 0) is 63.1 Å². The summed E-state index contributed by atoms with van der Waals surface area (Å²) in [5.74, 6) is 0.597. The average Bonchev–Trinajstić information content (AvgIpc) is 2.78. The Labute approximate surface area is 192 Å². The second kappa shape index (κ2) is 12.2. The highest BCUT2D eigenvalue weighted by Crippen LogP contribution is 2.22. The molecule has 0 saturated carbocycles. The number of likely N-dealkylation sites (tertiary alicyclic amines) is 2. The molecule has 32 heavy (non-hydrogen) atoms. The molecule has 2 unspecified atom stereocenters. The van der Waals surface area contributed by atoms with E-state index in [9.17, 15) is 9.59 Å². The van der Waals surface area contributed by atoms with Crippen molar-refractivity contribution in [3.8, 4) is 0 Å². The van der Waals surface area contributed by atoms with Crippen LogP contribution >= 0.6 is 0 Å². The van der Waals surface area contributed by atoms with Crippen LogP contribution in [0.1, 0.15) is 45.1 Å². The maximum atomic E-state index is 12.9. The lowest BCUT2D eigenvalue weighted by molar-refractivity contribution is -0.127. The van der Waals surface area contributed by atoms with Crippen LogP contribution in [0.15, 0.2) is 24.3 Å². The number of nitrogens with zero attached hydrogens (tertiary/aromatic N) is 2. The number of piperidine rings is 2. The first kappa shape index (κ1) is 24.5. The fraction of sp³-hybridized carbons (Fsp3) is 0.680. The summed E-state index contributed by atoms with van der Waals surface area (Å²) in [6.07, 6.45) is 3.50. The van der Waals surface area contributed by atoms with E-state index in [0.717, 1.165) is 69.8 Å². The van der Waals surface area contributed by atoms with Crippen molar-refractivity contribution in [2.75, 3.05) is 51.3 Å². The fourth-order valence-corrected chi connectivity index (χ4v) is 4.75. The van der Waals surface area contributed by atoms with Gasteiger partial charge in [-0.2, -0.15) is 0 Å². The molecule has 0 aliphatic carbocycles. The number of carbonyl (C=O) groups is 2. The second-order valence-corrected chi connectivity index (χ2v) is 9.29. The molecule has 3 amide bonds. The molecule has 0 spiro atoms. The Morgan fingerprint density at radius 2 is 1.94 bits per heavy atom. The Morgan fingerprint density at radius 1 is 1.16 bits per heavy atom. The molecule has 7 heteroatoms. The molecule has 178 valence electrons. The first-order chi connectivity index (χ1) is 15.5. The number of ether oxygens (including phenoxy) is 1. The molecule has 2 atom stereocenters. The van der Waals surface area contributed by atoms with Gasteiger partial charge < -0.3 is 25.2 Å². The number of hydrogen-bond acceptors (Lipinski definition) is 4. The molecule has 2 N–H and O–H groups in total. The Bertz CT molecular complexity index is 748. The zero-order valence-corrected chi connectivity index (χ0v) is 19.9. The minimum atomic E-state index is -0.0835. The molecule has 2 fully saturated rings. The highest BCUT2D eigenvalue weighted by molar-refractivity contribution is 5.89. The van der Waals surface area contributed by atoms with Crippen LogP contribution in [0.4, 0.5) is 10.5 Å². The van der Waals surface area contributed by atoms with Crippen LogP contribution in [0, 0.1) is 18.8 Å². The van der Waals surface area contributed by atoms with Crippen LogP contribution in [-0.2, 0) is 9.53 Å². The first-order valence-corrected chi connectivity index (χ1v) is 12.2. The van der Waals surface area contributed by atoms with Crippen LogP contribution in [0.5, 0.6) is 0 Å². The van der Waals surface area contributed by atoms with Gasteiger partial charge in [-0.3, -0.25) is 4.79 Å². The Kier molecular flexibility index (Phi) is 9.36. The molecule has 1 aromatic carbocycles. The van der Waals surface area contributed by atoms with E-state index in [1.165, 1.54) is 0 Å². The third-order valence-corrected chi connectivity index (χ3v) is 6.71. The van der Waals surface area contributed by atoms with E-state index < -0.39 is 0 Å². The van der Waals surface area contributed by atoms with Gasteiger partial charge in [0.15, 0.2) is 0 Å². The highest BCUT2D eigenvalue weighted by atomic mass is 16.5. The Morgan fingerprint density at radius 3 is 2.62 bits per heavy atom. The number of urea groups is 1. The van der Waals surface area contributed by atoms with E-state index in [0.29, 0.717) is 19.0 Å². The lowest BCUT2D eigenvalue weighted by Crippen LogP contribution is -2.52. The summed E-state index contributed by atoms with van der Waals surface area (Å²) in [5, 5.41) is 6.28. The summed E-state index contributed by atoms with van der Waals surface area (Å²) < 4.78 is 5.44. The van der Waals surface area contributed by atoms with Crippen LogP contribution in [0.25, 0.3) is 0 Å². The summed E-state index contributed by atoms with van der Waals surface area (Å²) in [5.41, 5.74) is 1.93. The van der Waals surface area contributed by atoms with Crippen LogP contribution in [0.2, 0.25) is 0 Å². The van der Waals surface area contributed by atoms with Gasteiger partial charge >= 0.3 is 6.03 Å². The fourth-order valence-electron chi connectivity index (χ4n) is 4.75. The maximum Gasteiger partial charge on any atom is 0.321 e. The number of carbonyl (C=O) groups excluding carboxylic acids is 2. The van der Waals surface area contributed by atoms with E-state index in [1.807, 2.05) is 43.0 Å². The molecular formula is C25H40N4O3. The topological polar surface area (TPSA) is 73.9 Å². The molecule has 2 saturated heterocycles. The number of benzene rings is 1. The molecule has 3 rings (SSSR count). The summed E-state index contributed by atoms with van der Waals surface area (Å²) in [4.78, 5) is 29.7. The number of nitrogens with one attached hydrogen (secondary N) is 2. The van der Waals surface area contributed by atoms with Crippen molar-refractivity contribution in [3.63, 3.8) is 0 Å². The van der Waals surface area contributed by atoms with E-state index in [2.05, 4.69) is 22.5 Å². The monoisotopic (exact) mass is 444 g/mol. The second-order valence-electron chi connectivity index (χ2n) is 9.29. The molecule has 2 aliphatic heterocycles. The third-order valence-electron chi connectivity index (χ3n) is 6.71. The summed E-state index contributed by atoms with van der Waals surface area (Å²) in [6, 6.07) is 7.97. The van der Waals surface area contributed by atoms with Crippen molar-refractivity contribution in [2.24, 2.45) is 11.8 Å². The number of hydrogen-bond donors (Lipinski definition) is 2. The minimum Gasteiger partial charge on any atom is -0.382 e. The first-order valence-electron chi connectivity index (χ1n) is 12.2. The third kappa shape index (κ3) is 7.20. The number of rotatable bonds is 8. The number of aryl methyl sites for hydroxylation is 1. The van der Waals surface area contributed by atoms with E-state index in [1.54, 1.807) is 0 Å². The van der Waals surface area contributed by atoms with Crippen molar-refractivity contribution in [1.82, 2.24) is 15.1 Å². The molecule has 2 aliphatic rings. The van der Waals surface area contributed by atoms with E-state index in [-0.39, 0.29) is 23.9 Å². The van der Waals surface area contributed by atoms with E-state index in [4.69, 9.17) is 4.74 Å². The molecular weight excluding hydrogens is 404 g/mol. The summed E-state index contributed by atoms with van der Waals surface area (Å²) in [7, 11) is 0. The van der Waals surface area contributed by atoms with Crippen LogP contribution in [-0.4, -0.2) is 73.7 Å². The van der Waals surface area contributed by atoms with Gasteiger partial charge in [0.25, 0.3) is 0 Å². The minimum absolute atomic E-state index is 0.00515. The van der Waals surface area contributed by atoms with Crippen molar-refractivity contribution in [1.29, 1.82) is 0 Å². The van der Waals surface area contributed by atoms with Crippen LogP contribution in [0.3, 0.4) is 0 Å². The maximum absolute atomic E-state index is 12.9. The lowest BCUT2D eigenvalue weighted by Gasteiger charge is -2.38. The zero-order chi connectivity index (χ0) is 22.9. The number of anilines is 1. The molecule has 0 bridgehead atoms. The molecule has 0 aromatic heterocycles. The van der Waals surface area contributed by atoms with Gasteiger partial charge in [-0.15, -0.1) is 0 Å². The van der Waals surface area contributed by atoms with Gasteiger partial charge in [-0.25, -0.2) is 4.79 Å². The van der Waals surface area contributed by atoms with Crippen LogP contribution < -0.4 is 10.6 Å². The Balaban J connectivity index is 1.37. The van der Waals surface area contributed by atoms with Gasteiger partial charge in [0.1, 0.15) is 0 Å². The van der Waals surface area contributed by atoms with Crippen molar-refractivity contribution < 1.29 is 14.3 Å². The van der Waals surface area contributed by atoms with Gasteiger partial charge in [0, 0.05) is 63.6 Å². The zero-order valence-electron chi connectivity index (χ0n) is 19.9. The standard InChI is InChI=1S/C25H40N4O3/c1-4-32-16-6-12-28-13-11-23(20(3)18-28)27-24(30)21-9-14-29(15-10-21)25(31)26-22-8-5-7-19(2)17-22/h5,7-8,17,20-21,23H,4,6,9-16,18H2,1-3H3,(H,26,31)(H,27,30). The van der Waals surface area contributed by atoms with Crippen molar-refractivity contribution >= 4 is 17.6 Å². The predicted molar refractivity (Wildman–Crippen MR) is 128 cm³/mol. The van der Waals surface area contributed by atoms with E-state index >= 15 is 0 Å². The quantitative estimate of drug-likeness (QED) is 0.602. The lowest BCUT2D eigenvalue weighted by atomic mass is 9.91. The smallest absolute Gasteiger partial charge is 0.321 e. The summed E-state index contributed by atoms with van der Waals surface area (Å²) in [6.45, 7) is 12.2. The molecule has 2 heterocycles. The average molecular weight is 445 g/mol. The Hall–Kier alpha value is -2.12. The number of amides is 3. The molecule has 0 radical (unpaired) electrons. The highest BCUT2D eigenvalue weighted by Gasteiger charge is 2.31.